The largest absolute Gasteiger partial charge is 0.433 e. The zero-order valence-electron chi connectivity index (χ0n) is 20.7. The molecule has 0 aliphatic rings. The maximum absolute atomic E-state index is 13.9. The number of carbonyl (C=O) groups is 1. The molecule has 0 radical (unpaired) electrons. The molecular formula is C27H21ClF4N6O. The van der Waals surface area contributed by atoms with Gasteiger partial charge in [0.05, 0.1) is 30.3 Å². The molecule has 0 aliphatic carbocycles. The summed E-state index contributed by atoms with van der Waals surface area (Å²) >= 11 is 6.07. The van der Waals surface area contributed by atoms with Crippen LogP contribution in [0.25, 0.3) is 16.9 Å². The fraction of sp³-hybridized carbons (Fsp3) is 0.185. The van der Waals surface area contributed by atoms with Gasteiger partial charge in [-0.3, -0.25) is 9.48 Å². The fourth-order valence-corrected chi connectivity index (χ4v) is 4.28. The Balaban J connectivity index is 1.45. The van der Waals surface area contributed by atoms with Gasteiger partial charge in [0.2, 0.25) is 0 Å². The highest BCUT2D eigenvalue weighted by atomic mass is 35.5. The molecule has 0 aliphatic heterocycles. The zero-order valence-corrected chi connectivity index (χ0v) is 21.4. The standard InChI is InChI=1S/C27H21ClF4N6O/c1-15(2)16-3-5-17(6-4-16)23-10-24(27(30,31)32)38-25(36-23)21(12-34-38)26(39)35-20-11-33-37(14-20)13-18-7-8-19(29)9-22(18)28/h3-12,14-15H,13H2,1-2H3,(H,35,39). The van der Waals surface area contributed by atoms with Gasteiger partial charge in [-0.25, -0.2) is 13.9 Å². The van der Waals surface area contributed by atoms with Crippen LogP contribution in [0.5, 0.6) is 0 Å². The first-order chi connectivity index (χ1) is 18.5. The summed E-state index contributed by atoms with van der Waals surface area (Å²) in [7, 11) is 0. The molecule has 0 saturated carbocycles. The van der Waals surface area contributed by atoms with E-state index in [0.717, 1.165) is 17.8 Å². The minimum absolute atomic E-state index is 0.0590. The lowest BCUT2D eigenvalue weighted by Crippen LogP contribution is -2.15. The number of amides is 1. The van der Waals surface area contributed by atoms with Gasteiger partial charge >= 0.3 is 6.18 Å². The van der Waals surface area contributed by atoms with Gasteiger partial charge < -0.3 is 5.32 Å². The molecule has 2 aromatic carbocycles. The van der Waals surface area contributed by atoms with Crippen molar-refractivity contribution < 1.29 is 22.4 Å². The summed E-state index contributed by atoms with van der Waals surface area (Å²) in [6.07, 6.45) is -0.811. The quantitative estimate of drug-likeness (QED) is 0.233. The second-order valence-corrected chi connectivity index (χ2v) is 9.62. The number of carbonyl (C=O) groups excluding carboxylic acids is 1. The number of benzene rings is 2. The van der Waals surface area contributed by atoms with E-state index in [1.54, 1.807) is 12.1 Å². The van der Waals surface area contributed by atoms with Crippen molar-refractivity contribution in [3.05, 3.63) is 100 Å². The van der Waals surface area contributed by atoms with Crippen LogP contribution in [0.2, 0.25) is 5.02 Å². The Morgan fingerprint density at radius 3 is 2.46 bits per heavy atom. The molecule has 0 saturated heterocycles. The highest BCUT2D eigenvalue weighted by Crippen LogP contribution is 2.33. The molecule has 1 amide bonds. The Kier molecular flexibility index (Phi) is 6.85. The number of nitrogens with one attached hydrogen (secondary N) is 1. The van der Waals surface area contributed by atoms with Crippen molar-refractivity contribution in [2.75, 3.05) is 5.32 Å². The number of nitrogens with zero attached hydrogens (tertiary/aromatic N) is 5. The lowest BCUT2D eigenvalue weighted by Gasteiger charge is -2.12. The van der Waals surface area contributed by atoms with E-state index in [-0.39, 0.29) is 40.1 Å². The second kappa shape index (κ2) is 10.1. The summed E-state index contributed by atoms with van der Waals surface area (Å²) < 4.78 is 57.2. The third-order valence-corrected chi connectivity index (χ3v) is 6.47. The maximum Gasteiger partial charge on any atom is 0.433 e. The summed E-state index contributed by atoms with van der Waals surface area (Å²) in [6.45, 7) is 4.24. The van der Waals surface area contributed by atoms with Gasteiger partial charge in [0.1, 0.15) is 11.4 Å². The van der Waals surface area contributed by atoms with Crippen LogP contribution in [0.1, 0.15) is 46.9 Å². The molecular weight excluding hydrogens is 536 g/mol. The SMILES string of the molecule is CC(C)c1ccc(-c2cc(C(F)(F)F)n3ncc(C(=O)Nc4cnn(Cc5ccc(F)cc5Cl)c4)c3n2)cc1. The van der Waals surface area contributed by atoms with E-state index in [4.69, 9.17) is 11.6 Å². The topological polar surface area (TPSA) is 77.1 Å². The van der Waals surface area contributed by atoms with Gasteiger partial charge in [0.25, 0.3) is 5.91 Å². The van der Waals surface area contributed by atoms with Gasteiger partial charge in [-0.05, 0) is 35.2 Å². The molecule has 0 spiro atoms. The Labute approximate surface area is 225 Å². The molecule has 5 aromatic rings. The van der Waals surface area contributed by atoms with Gasteiger partial charge in [-0.2, -0.15) is 23.4 Å². The number of hydrogen-bond acceptors (Lipinski definition) is 4. The van der Waals surface area contributed by atoms with Crippen LogP contribution < -0.4 is 5.32 Å². The molecule has 5 rings (SSSR count). The Hall–Kier alpha value is -4.25. The van der Waals surface area contributed by atoms with Crippen LogP contribution in [0.4, 0.5) is 23.2 Å². The van der Waals surface area contributed by atoms with Crippen molar-refractivity contribution in [2.45, 2.75) is 32.5 Å². The van der Waals surface area contributed by atoms with E-state index in [0.29, 0.717) is 15.6 Å². The lowest BCUT2D eigenvalue weighted by molar-refractivity contribution is -0.142. The van der Waals surface area contributed by atoms with Crippen LogP contribution in [0.15, 0.2) is 67.1 Å². The molecule has 200 valence electrons. The minimum Gasteiger partial charge on any atom is -0.319 e. The molecule has 7 nitrogen and oxygen atoms in total. The summed E-state index contributed by atoms with van der Waals surface area (Å²) in [5, 5.41) is 10.8. The van der Waals surface area contributed by atoms with Crippen molar-refractivity contribution in [2.24, 2.45) is 0 Å². The van der Waals surface area contributed by atoms with Crippen LogP contribution in [0.3, 0.4) is 0 Å². The van der Waals surface area contributed by atoms with Crippen molar-refractivity contribution >= 4 is 28.8 Å². The van der Waals surface area contributed by atoms with Crippen molar-refractivity contribution in [1.29, 1.82) is 0 Å². The summed E-state index contributed by atoms with van der Waals surface area (Å²) in [5.41, 5.74) is 1.02. The maximum atomic E-state index is 13.9. The average Bonchev–Trinajstić information content (AvgIpc) is 3.51. The summed E-state index contributed by atoms with van der Waals surface area (Å²) in [6, 6.07) is 12.0. The zero-order chi connectivity index (χ0) is 27.9. The molecule has 12 heteroatoms. The molecule has 39 heavy (non-hydrogen) atoms. The lowest BCUT2D eigenvalue weighted by atomic mass is 10.0. The van der Waals surface area contributed by atoms with Gasteiger partial charge in [0.15, 0.2) is 11.3 Å². The number of rotatable bonds is 6. The number of fused-ring (bicyclic) bond motifs is 1. The normalized spacial score (nSPS) is 11.9. The first-order valence-electron chi connectivity index (χ1n) is 11.8. The predicted molar refractivity (Wildman–Crippen MR) is 138 cm³/mol. The van der Waals surface area contributed by atoms with Crippen LogP contribution >= 0.6 is 11.6 Å². The Morgan fingerprint density at radius 1 is 1.05 bits per heavy atom. The first-order valence-corrected chi connectivity index (χ1v) is 12.2. The van der Waals surface area contributed by atoms with Crippen LogP contribution in [-0.4, -0.2) is 30.3 Å². The summed E-state index contributed by atoms with van der Waals surface area (Å²) in [5.74, 6) is -0.928. The fourth-order valence-electron chi connectivity index (χ4n) is 4.05. The third kappa shape index (κ3) is 5.49. The van der Waals surface area contributed by atoms with Crippen molar-refractivity contribution in [1.82, 2.24) is 24.4 Å². The van der Waals surface area contributed by atoms with Crippen molar-refractivity contribution in [3.8, 4) is 11.3 Å². The highest BCUT2D eigenvalue weighted by molar-refractivity contribution is 6.31. The first kappa shape index (κ1) is 26.4. The number of anilines is 1. The van der Waals surface area contributed by atoms with Gasteiger partial charge in [-0.1, -0.05) is 55.8 Å². The average molecular weight is 557 g/mol. The molecule has 0 unspecified atom stereocenters. The molecule has 3 heterocycles. The molecule has 0 bridgehead atoms. The van der Waals surface area contributed by atoms with E-state index in [2.05, 4.69) is 20.5 Å². The molecule has 0 fully saturated rings. The number of alkyl halides is 3. The number of aromatic nitrogens is 5. The van der Waals surface area contributed by atoms with Crippen LogP contribution in [-0.2, 0) is 12.7 Å². The highest BCUT2D eigenvalue weighted by Gasteiger charge is 2.36. The summed E-state index contributed by atoms with van der Waals surface area (Å²) in [4.78, 5) is 17.5. The van der Waals surface area contributed by atoms with Crippen LogP contribution in [0, 0.1) is 5.82 Å². The van der Waals surface area contributed by atoms with E-state index >= 15 is 0 Å². The minimum atomic E-state index is -4.74. The molecule has 1 N–H and O–H groups in total. The van der Waals surface area contributed by atoms with Gasteiger partial charge in [0, 0.05) is 16.8 Å². The van der Waals surface area contributed by atoms with E-state index in [9.17, 15) is 22.4 Å². The van der Waals surface area contributed by atoms with Gasteiger partial charge in [-0.15, -0.1) is 0 Å². The van der Waals surface area contributed by atoms with Crippen molar-refractivity contribution in [3.63, 3.8) is 0 Å². The monoisotopic (exact) mass is 556 g/mol. The number of hydrogen-bond donors (Lipinski definition) is 1. The Morgan fingerprint density at radius 2 is 1.79 bits per heavy atom. The van der Waals surface area contributed by atoms with E-state index in [1.165, 1.54) is 35.3 Å². The van der Waals surface area contributed by atoms with E-state index in [1.807, 2.05) is 26.0 Å². The predicted octanol–water partition coefficient (Wildman–Crippen LogP) is 6.83. The smallest absolute Gasteiger partial charge is 0.319 e. The molecule has 3 aromatic heterocycles. The number of halogens is 5. The Bertz CT molecular complexity index is 1670. The third-order valence-electron chi connectivity index (χ3n) is 6.12. The second-order valence-electron chi connectivity index (χ2n) is 9.21. The van der Waals surface area contributed by atoms with E-state index < -0.39 is 23.6 Å². The molecule has 0 atom stereocenters.